The predicted molar refractivity (Wildman–Crippen MR) is 148 cm³/mol. The molecule has 4 aromatic rings. The molecule has 1 amide bonds. The van der Waals surface area contributed by atoms with Crippen molar-refractivity contribution in [2.24, 2.45) is 0 Å². The maximum atomic E-state index is 14.9. The zero-order valence-corrected chi connectivity index (χ0v) is 23.3. The van der Waals surface area contributed by atoms with Crippen molar-refractivity contribution >= 4 is 39.4 Å². The minimum atomic E-state index is -4.85. The van der Waals surface area contributed by atoms with Gasteiger partial charge in [0.2, 0.25) is 5.95 Å². The number of rotatable bonds is 10. The Balaban J connectivity index is 1.53. The maximum absolute atomic E-state index is 14.9. The van der Waals surface area contributed by atoms with Crippen LogP contribution in [-0.2, 0) is 10.0 Å². The standard InChI is InChI=1S/C26H23ClF3N7O4S/c1-12(33-26(38)39)11-32-25-31-8-7-18(34-25)22-21(35-24(36-22)13-5-6-13)15-9-14(28)10-19(20(15)27)37-42(40,41)23-16(29)3-2-4-17(23)30/h2-4,7-10,12-13,33,37H,5-6,11H2,1H3,(H,35,36)(H,38,39)(H,31,32,34). The smallest absolute Gasteiger partial charge is 0.404 e. The number of anilines is 2. The van der Waals surface area contributed by atoms with Crippen LogP contribution in [0.4, 0.5) is 29.6 Å². The number of carbonyl (C=O) groups is 1. The molecule has 1 fully saturated rings. The van der Waals surface area contributed by atoms with E-state index in [9.17, 15) is 26.4 Å². The molecule has 42 heavy (non-hydrogen) atoms. The fraction of sp³-hybridized carbons (Fsp3) is 0.231. The maximum Gasteiger partial charge on any atom is 0.404 e. The number of benzene rings is 2. The molecule has 0 aliphatic heterocycles. The third-order valence-corrected chi connectivity index (χ3v) is 8.08. The van der Waals surface area contributed by atoms with E-state index in [1.807, 2.05) is 4.72 Å². The lowest BCUT2D eigenvalue weighted by Crippen LogP contribution is -2.36. The first-order valence-electron chi connectivity index (χ1n) is 12.6. The molecular weight excluding hydrogens is 599 g/mol. The first-order chi connectivity index (χ1) is 19.9. The Bertz CT molecular complexity index is 1760. The molecule has 2 aromatic heterocycles. The molecule has 11 nitrogen and oxygen atoms in total. The van der Waals surface area contributed by atoms with Crippen molar-refractivity contribution in [1.29, 1.82) is 0 Å². The van der Waals surface area contributed by atoms with Crippen molar-refractivity contribution in [3.8, 4) is 22.6 Å². The second-order valence-corrected chi connectivity index (χ2v) is 11.6. The van der Waals surface area contributed by atoms with E-state index >= 15 is 0 Å². The number of halogens is 4. The summed E-state index contributed by atoms with van der Waals surface area (Å²) in [6, 6.07) is 5.52. The fourth-order valence-electron chi connectivity index (χ4n) is 4.18. The van der Waals surface area contributed by atoms with Gasteiger partial charge in [0.1, 0.15) is 23.3 Å². The number of hydrogen-bond acceptors (Lipinski definition) is 7. The normalized spacial score (nSPS) is 13.9. The van der Waals surface area contributed by atoms with Crippen LogP contribution >= 0.6 is 11.6 Å². The molecule has 2 heterocycles. The SMILES string of the molecule is CC(CNc1nccc(-c2[nH]c(C3CC3)nc2-c2cc(F)cc(NS(=O)(=O)c3c(F)cccc3F)c2Cl)n1)NC(=O)O. The van der Waals surface area contributed by atoms with E-state index in [1.54, 1.807) is 13.0 Å². The minimum Gasteiger partial charge on any atom is -0.465 e. The van der Waals surface area contributed by atoms with Crippen LogP contribution in [0.3, 0.4) is 0 Å². The van der Waals surface area contributed by atoms with Gasteiger partial charge in [0.05, 0.1) is 27.8 Å². The number of H-pyrrole nitrogens is 1. The number of imidazole rings is 1. The minimum absolute atomic E-state index is 0.00563. The van der Waals surface area contributed by atoms with Gasteiger partial charge in [-0.2, -0.15) is 0 Å². The second kappa shape index (κ2) is 11.5. The summed E-state index contributed by atoms with van der Waals surface area (Å²) in [5.41, 5.74) is 0.358. The highest BCUT2D eigenvalue weighted by Crippen LogP contribution is 2.44. The van der Waals surface area contributed by atoms with E-state index in [2.05, 4.69) is 30.6 Å². The van der Waals surface area contributed by atoms with Crippen LogP contribution in [0.2, 0.25) is 5.02 Å². The molecule has 0 saturated heterocycles. The van der Waals surface area contributed by atoms with Gasteiger partial charge in [-0.1, -0.05) is 17.7 Å². The summed E-state index contributed by atoms with van der Waals surface area (Å²) in [6.45, 7) is 1.83. The van der Waals surface area contributed by atoms with Crippen LogP contribution in [0.25, 0.3) is 22.6 Å². The third kappa shape index (κ3) is 6.26. The van der Waals surface area contributed by atoms with Crippen LogP contribution in [0.1, 0.15) is 31.5 Å². The van der Waals surface area contributed by atoms with Crippen LogP contribution < -0.4 is 15.4 Å². The van der Waals surface area contributed by atoms with Gasteiger partial charge in [-0.15, -0.1) is 0 Å². The number of carboxylic acid groups (broad SMARTS) is 1. The molecule has 1 aliphatic rings. The third-order valence-electron chi connectivity index (χ3n) is 6.26. The highest BCUT2D eigenvalue weighted by atomic mass is 35.5. The van der Waals surface area contributed by atoms with E-state index in [1.165, 1.54) is 6.20 Å². The van der Waals surface area contributed by atoms with E-state index in [0.29, 0.717) is 17.2 Å². The van der Waals surface area contributed by atoms with Crippen LogP contribution in [0.15, 0.2) is 47.5 Å². The van der Waals surface area contributed by atoms with Gasteiger partial charge >= 0.3 is 6.09 Å². The van der Waals surface area contributed by atoms with Gasteiger partial charge in [0.15, 0.2) is 4.90 Å². The molecule has 16 heteroatoms. The molecule has 5 N–H and O–H groups in total. The van der Waals surface area contributed by atoms with Crippen molar-refractivity contribution in [2.45, 2.75) is 36.6 Å². The van der Waals surface area contributed by atoms with E-state index < -0.39 is 50.2 Å². The fourth-order valence-corrected chi connectivity index (χ4v) is 5.69. The Morgan fingerprint density at radius 1 is 1.17 bits per heavy atom. The molecule has 2 aromatic carbocycles. The summed E-state index contributed by atoms with van der Waals surface area (Å²) in [4.78, 5) is 26.0. The van der Waals surface area contributed by atoms with Gasteiger partial charge in [0, 0.05) is 30.3 Å². The average molecular weight is 622 g/mol. The number of nitrogens with one attached hydrogen (secondary N) is 4. The van der Waals surface area contributed by atoms with Gasteiger partial charge in [-0.05, 0) is 50.1 Å². The summed E-state index contributed by atoms with van der Waals surface area (Å²) in [5.74, 6) is -2.68. The lowest BCUT2D eigenvalue weighted by molar-refractivity contribution is 0.191. The van der Waals surface area contributed by atoms with Crippen molar-refractivity contribution in [3.63, 3.8) is 0 Å². The Kier molecular flexibility index (Phi) is 7.97. The highest BCUT2D eigenvalue weighted by molar-refractivity contribution is 7.92. The number of aromatic nitrogens is 4. The van der Waals surface area contributed by atoms with Crippen LogP contribution in [0, 0.1) is 17.5 Å². The Hall–Kier alpha value is -4.37. The van der Waals surface area contributed by atoms with Crippen molar-refractivity contribution in [1.82, 2.24) is 25.3 Å². The largest absolute Gasteiger partial charge is 0.465 e. The number of amides is 1. The first-order valence-corrected chi connectivity index (χ1v) is 14.4. The number of hydrogen-bond donors (Lipinski definition) is 5. The molecule has 5 rings (SSSR count). The molecule has 1 atom stereocenters. The molecule has 0 spiro atoms. The molecule has 0 radical (unpaired) electrons. The molecule has 220 valence electrons. The molecule has 1 saturated carbocycles. The zero-order valence-electron chi connectivity index (χ0n) is 21.8. The number of sulfonamides is 1. The lowest BCUT2D eigenvalue weighted by Gasteiger charge is -2.14. The Morgan fingerprint density at radius 3 is 2.55 bits per heavy atom. The van der Waals surface area contributed by atoms with Gasteiger partial charge in [-0.25, -0.2) is 41.3 Å². The Morgan fingerprint density at radius 2 is 1.88 bits per heavy atom. The van der Waals surface area contributed by atoms with E-state index in [-0.39, 0.29) is 34.7 Å². The summed E-state index contributed by atoms with van der Waals surface area (Å²) in [7, 11) is -4.85. The summed E-state index contributed by atoms with van der Waals surface area (Å²) < 4.78 is 71.2. The summed E-state index contributed by atoms with van der Waals surface area (Å²) in [6.07, 6.45) is 2.01. The quantitative estimate of drug-likeness (QED) is 0.158. The summed E-state index contributed by atoms with van der Waals surface area (Å²) >= 11 is 6.57. The topological polar surface area (TPSA) is 162 Å². The van der Waals surface area contributed by atoms with Gasteiger partial charge < -0.3 is 20.7 Å². The second-order valence-electron chi connectivity index (χ2n) is 9.59. The Labute approximate surface area is 242 Å². The van der Waals surface area contributed by atoms with Gasteiger partial charge in [-0.3, -0.25) is 4.72 Å². The predicted octanol–water partition coefficient (Wildman–Crippen LogP) is 5.35. The molecule has 1 aliphatic carbocycles. The number of nitrogens with zero attached hydrogens (tertiary/aromatic N) is 3. The lowest BCUT2D eigenvalue weighted by atomic mass is 10.1. The van der Waals surface area contributed by atoms with Crippen molar-refractivity contribution in [2.75, 3.05) is 16.6 Å². The van der Waals surface area contributed by atoms with E-state index in [4.69, 9.17) is 16.7 Å². The van der Waals surface area contributed by atoms with Crippen LogP contribution in [0.5, 0.6) is 0 Å². The number of aromatic amines is 1. The highest BCUT2D eigenvalue weighted by Gasteiger charge is 2.31. The van der Waals surface area contributed by atoms with E-state index in [0.717, 1.165) is 43.2 Å². The monoisotopic (exact) mass is 621 g/mol. The van der Waals surface area contributed by atoms with Crippen molar-refractivity contribution < 1.29 is 31.5 Å². The van der Waals surface area contributed by atoms with Gasteiger partial charge in [0.25, 0.3) is 10.0 Å². The first kappa shape index (κ1) is 29.1. The molecule has 1 unspecified atom stereocenters. The zero-order chi connectivity index (χ0) is 30.2. The molecule has 0 bridgehead atoms. The average Bonchev–Trinajstić information content (AvgIpc) is 3.67. The van der Waals surface area contributed by atoms with Crippen LogP contribution in [-0.4, -0.2) is 52.1 Å². The van der Waals surface area contributed by atoms with Crippen molar-refractivity contribution in [3.05, 3.63) is 70.9 Å². The summed E-state index contributed by atoms with van der Waals surface area (Å²) in [5, 5.41) is 13.8. The molecular formula is C26H23ClF3N7O4S.